The van der Waals surface area contributed by atoms with E-state index in [0.29, 0.717) is 21.0 Å². The number of hydrogen-bond acceptors (Lipinski definition) is 6. The molecule has 108 valence electrons. The van der Waals surface area contributed by atoms with E-state index in [1.807, 2.05) is 41.9 Å². The van der Waals surface area contributed by atoms with E-state index in [-0.39, 0.29) is 5.69 Å². The first-order chi connectivity index (χ1) is 10.7. The molecule has 0 aliphatic rings. The summed E-state index contributed by atoms with van der Waals surface area (Å²) in [5.74, 6) is 0.676. The summed E-state index contributed by atoms with van der Waals surface area (Å²) in [6.45, 7) is 0. The Morgan fingerprint density at radius 1 is 1.09 bits per heavy atom. The van der Waals surface area contributed by atoms with Gasteiger partial charge in [0, 0.05) is 12.6 Å². The largest absolute Gasteiger partial charge is 0.305 e. The van der Waals surface area contributed by atoms with Crippen LogP contribution in [0.15, 0.2) is 46.6 Å². The van der Waals surface area contributed by atoms with Crippen LogP contribution in [0.5, 0.6) is 0 Å². The Labute approximate surface area is 135 Å². The summed E-state index contributed by atoms with van der Waals surface area (Å²) in [7, 11) is 1.86. The number of nitriles is 1. The first-order valence-electron chi connectivity index (χ1n) is 6.25. The van der Waals surface area contributed by atoms with Crippen LogP contribution in [0.4, 0.5) is 0 Å². The SMILES string of the molecule is Cn1c(Sc2ccc(C#N)nn2)nnc1-c1ccccc1Cl. The number of rotatable bonds is 3. The number of halogens is 1. The molecule has 2 heterocycles. The van der Waals surface area contributed by atoms with Crippen LogP contribution in [0, 0.1) is 11.3 Å². The van der Waals surface area contributed by atoms with Crippen LogP contribution in [0.1, 0.15) is 5.69 Å². The van der Waals surface area contributed by atoms with Gasteiger partial charge in [-0.15, -0.1) is 20.4 Å². The zero-order valence-electron chi connectivity index (χ0n) is 11.4. The Morgan fingerprint density at radius 3 is 2.59 bits per heavy atom. The van der Waals surface area contributed by atoms with Gasteiger partial charge in [-0.2, -0.15) is 5.26 Å². The van der Waals surface area contributed by atoms with Crippen molar-refractivity contribution in [3.8, 4) is 17.5 Å². The molecule has 6 nitrogen and oxygen atoms in total. The molecule has 8 heteroatoms. The smallest absolute Gasteiger partial charge is 0.197 e. The molecule has 22 heavy (non-hydrogen) atoms. The van der Waals surface area contributed by atoms with Crippen molar-refractivity contribution < 1.29 is 0 Å². The number of aromatic nitrogens is 5. The van der Waals surface area contributed by atoms with Gasteiger partial charge in [0.25, 0.3) is 0 Å². The molecule has 0 aliphatic carbocycles. The molecule has 3 rings (SSSR count). The second-order valence-electron chi connectivity index (χ2n) is 4.32. The Bertz CT molecular complexity index is 853. The van der Waals surface area contributed by atoms with E-state index < -0.39 is 0 Å². The Balaban J connectivity index is 1.90. The lowest BCUT2D eigenvalue weighted by molar-refractivity contribution is 0.789. The van der Waals surface area contributed by atoms with E-state index in [4.69, 9.17) is 16.9 Å². The number of benzene rings is 1. The minimum absolute atomic E-state index is 0.277. The van der Waals surface area contributed by atoms with Crippen LogP contribution in [-0.2, 0) is 7.05 Å². The topological polar surface area (TPSA) is 80.3 Å². The van der Waals surface area contributed by atoms with Crippen LogP contribution >= 0.6 is 23.4 Å². The van der Waals surface area contributed by atoms with Gasteiger partial charge >= 0.3 is 0 Å². The second-order valence-corrected chi connectivity index (χ2v) is 5.71. The standard InChI is InChI=1S/C14H9ClN6S/c1-21-13(10-4-2-3-5-11(10)15)19-20-14(21)22-12-7-6-9(8-16)17-18-12/h2-7H,1H3. The van der Waals surface area contributed by atoms with Gasteiger partial charge in [0.2, 0.25) is 0 Å². The third kappa shape index (κ3) is 2.79. The molecule has 0 aliphatic heterocycles. The molecule has 0 fully saturated rings. The van der Waals surface area contributed by atoms with Gasteiger partial charge in [-0.25, -0.2) is 0 Å². The lowest BCUT2D eigenvalue weighted by Crippen LogP contribution is -1.96. The molecule has 2 aromatic heterocycles. The highest BCUT2D eigenvalue weighted by atomic mass is 35.5. The maximum Gasteiger partial charge on any atom is 0.197 e. The summed E-state index contributed by atoms with van der Waals surface area (Å²) < 4.78 is 1.84. The fraction of sp³-hybridized carbons (Fsp3) is 0.0714. The molecule has 0 N–H and O–H groups in total. The van der Waals surface area contributed by atoms with Crippen LogP contribution in [0.3, 0.4) is 0 Å². The Hall–Kier alpha value is -2.43. The predicted octanol–water partition coefficient (Wildman–Crippen LogP) is 2.95. The lowest BCUT2D eigenvalue weighted by Gasteiger charge is -2.04. The van der Waals surface area contributed by atoms with Crippen LogP contribution in [0.2, 0.25) is 5.02 Å². The monoisotopic (exact) mass is 328 g/mol. The third-order valence-corrected chi connectivity index (χ3v) is 4.19. The lowest BCUT2D eigenvalue weighted by atomic mass is 10.2. The molecule has 0 unspecified atom stereocenters. The Morgan fingerprint density at radius 2 is 1.91 bits per heavy atom. The molecular weight excluding hydrogens is 320 g/mol. The van der Waals surface area contributed by atoms with E-state index in [0.717, 1.165) is 5.56 Å². The molecule has 0 atom stereocenters. The minimum atomic E-state index is 0.277. The van der Waals surface area contributed by atoms with Gasteiger partial charge in [-0.1, -0.05) is 23.7 Å². The van der Waals surface area contributed by atoms with Crippen molar-refractivity contribution in [2.24, 2.45) is 7.05 Å². The van der Waals surface area contributed by atoms with Crippen molar-refractivity contribution in [2.45, 2.75) is 10.2 Å². The average Bonchev–Trinajstić information content (AvgIpc) is 2.90. The quantitative estimate of drug-likeness (QED) is 0.735. The normalized spacial score (nSPS) is 10.4. The summed E-state index contributed by atoms with van der Waals surface area (Å²) in [5.41, 5.74) is 1.09. The molecule has 3 aromatic rings. The average molecular weight is 329 g/mol. The van der Waals surface area contributed by atoms with E-state index >= 15 is 0 Å². The maximum atomic E-state index is 8.72. The highest BCUT2D eigenvalue weighted by Gasteiger charge is 2.14. The summed E-state index contributed by atoms with van der Waals surface area (Å²) >= 11 is 7.51. The second kappa shape index (κ2) is 6.13. The van der Waals surface area contributed by atoms with Crippen molar-refractivity contribution in [3.63, 3.8) is 0 Å². The fourth-order valence-electron chi connectivity index (χ4n) is 1.81. The van der Waals surface area contributed by atoms with Crippen molar-refractivity contribution >= 4 is 23.4 Å². The highest BCUT2D eigenvalue weighted by molar-refractivity contribution is 7.99. The van der Waals surface area contributed by atoms with Crippen molar-refractivity contribution in [1.29, 1.82) is 5.26 Å². The molecule has 0 saturated heterocycles. The molecule has 0 radical (unpaired) electrons. The Kier molecular flexibility index (Phi) is 4.04. The summed E-state index contributed by atoms with van der Waals surface area (Å²) in [6.07, 6.45) is 0. The van der Waals surface area contributed by atoms with E-state index in [1.54, 1.807) is 12.1 Å². The summed E-state index contributed by atoms with van der Waals surface area (Å²) in [6, 6.07) is 12.7. The molecule has 1 aromatic carbocycles. The van der Waals surface area contributed by atoms with Gasteiger partial charge in [0.05, 0.1) is 5.02 Å². The number of hydrogen-bond donors (Lipinski definition) is 0. The zero-order valence-corrected chi connectivity index (χ0v) is 13.0. The first-order valence-corrected chi connectivity index (χ1v) is 7.44. The van der Waals surface area contributed by atoms with E-state index in [1.165, 1.54) is 11.8 Å². The zero-order chi connectivity index (χ0) is 15.5. The molecular formula is C14H9ClN6S. The number of nitrogens with zero attached hydrogens (tertiary/aromatic N) is 6. The van der Waals surface area contributed by atoms with Crippen LogP contribution < -0.4 is 0 Å². The highest BCUT2D eigenvalue weighted by Crippen LogP contribution is 2.30. The summed E-state index contributed by atoms with van der Waals surface area (Å²) in [5, 5.41) is 26.7. The molecule has 0 bridgehead atoms. The van der Waals surface area contributed by atoms with Gasteiger partial charge in [-0.05, 0) is 36.0 Å². The van der Waals surface area contributed by atoms with Gasteiger partial charge < -0.3 is 4.57 Å². The molecule has 0 spiro atoms. The summed E-state index contributed by atoms with van der Waals surface area (Å²) in [4.78, 5) is 0. The predicted molar refractivity (Wildman–Crippen MR) is 82.3 cm³/mol. The first kappa shape index (κ1) is 14.5. The van der Waals surface area contributed by atoms with Crippen LogP contribution in [-0.4, -0.2) is 25.0 Å². The van der Waals surface area contributed by atoms with Crippen molar-refractivity contribution in [3.05, 3.63) is 47.1 Å². The molecule has 0 amide bonds. The van der Waals surface area contributed by atoms with Gasteiger partial charge in [-0.3, -0.25) is 0 Å². The van der Waals surface area contributed by atoms with Gasteiger partial charge in [0.15, 0.2) is 16.7 Å². The molecule has 0 saturated carbocycles. The maximum absolute atomic E-state index is 8.72. The van der Waals surface area contributed by atoms with Gasteiger partial charge in [0.1, 0.15) is 11.1 Å². The fourth-order valence-corrected chi connectivity index (χ4v) is 2.74. The van der Waals surface area contributed by atoms with E-state index in [2.05, 4.69) is 20.4 Å². The van der Waals surface area contributed by atoms with Crippen LogP contribution in [0.25, 0.3) is 11.4 Å². The van der Waals surface area contributed by atoms with E-state index in [9.17, 15) is 0 Å². The minimum Gasteiger partial charge on any atom is -0.305 e. The third-order valence-electron chi connectivity index (χ3n) is 2.90. The van der Waals surface area contributed by atoms with Crippen molar-refractivity contribution in [1.82, 2.24) is 25.0 Å². The van der Waals surface area contributed by atoms with Crippen molar-refractivity contribution in [2.75, 3.05) is 0 Å².